The molecule has 0 amide bonds. The number of Topliss-reactive ketones (excluding diaryl/α,β-unsaturated/α-hetero) is 1. The van der Waals surface area contributed by atoms with E-state index in [0.29, 0.717) is 0 Å². The molecule has 1 N–H and O–H groups in total. The van der Waals surface area contributed by atoms with Crippen LogP contribution in [0.25, 0.3) is 0 Å². The summed E-state index contributed by atoms with van der Waals surface area (Å²) in [6.07, 6.45) is -1.82. The van der Waals surface area contributed by atoms with Crippen molar-refractivity contribution in [2.24, 2.45) is 5.92 Å². The van der Waals surface area contributed by atoms with Gasteiger partial charge in [0, 0.05) is 13.5 Å². The summed E-state index contributed by atoms with van der Waals surface area (Å²) in [4.78, 5) is 22.7. The van der Waals surface area contributed by atoms with E-state index in [0.717, 1.165) is 0 Å². The van der Waals surface area contributed by atoms with E-state index < -0.39 is 24.1 Å². The number of ketones is 1. The Morgan fingerprint density at radius 1 is 1.67 bits per heavy atom. The van der Waals surface area contributed by atoms with Gasteiger partial charge in [-0.3, -0.25) is 9.59 Å². The zero-order valence-electron chi connectivity index (χ0n) is 9.10. The van der Waals surface area contributed by atoms with Crippen LogP contribution in [-0.4, -0.2) is 42.3 Å². The number of methoxy groups -OCH3 is 1. The van der Waals surface area contributed by atoms with Crippen LogP contribution in [0.15, 0.2) is 0 Å². The van der Waals surface area contributed by atoms with Gasteiger partial charge in [-0.25, -0.2) is 0 Å². The maximum absolute atomic E-state index is 11.4. The third kappa shape index (κ3) is 2.54. The zero-order chi connectivity index (χ0) is 11.6. The van der Waals surface area contributed by atoms with Crippen LogP contribution < -0.4 is 0 Å². The summed E-state index contributed by atoms with van der Waals surface area (Å²) >= 11 is 0. The van der Waals surface area contributed by atoms with Gasteiger partial charge in [-0.1, -0.05) is 0 Å². The molecule has 86 valence electrons. The fourth-order valence-electron chi connectivity index (χ4n) is 1.74. The van der Waals surface area contributed by atoms with E-state index in [2.05, 4.69) is 0 Å². The lowest BCUT2D eigenvalue weighted by atomic mass is 9.94. The second-order valence-electron chi connectivity index (χ2n) is 3.80. The second-order valence-corrected chi connectivity index (χ2v) is 3.80. The number of hydrogen-bond donors (Lipinski definition) is 1. The number of carbonyl (C=O) groups is 2. The van der Waals surface area contributed by atoms with Crippen LogP contribution in [0.3, 0.4) is 0 Å². The van der Waals surface area contributed by atoms with Crippen molar-refractivity contribution in [1.29, 1.82) is 0 Å². The van der Waals surface area contributed by atoms with Gasteiger partial charge >= 0.3 is 5.97 Å². The maximum Gasteiger partial charge on any atom is 0.312 e. The zero-order valence-corrected chi connectivity index (χ0v) is 9.10. The van der Waals surface area contributed by atoms with Gasteiger partial charge in [0.15, 0.2) is 5.78 Å². The molecule has 0 aromatic carbocycles. The standard InChI is InChI=1S/C10H16O5/c1-5(11)8(12)4-7-9(14-3)6(2)15-10(7)13/h5-7,9,11H,4H2,1-3H3/t5-,6-,7-,9+/m1/s1. The second kappa shape index (κ2) is 4.72. The van der Waals surface area contributed by atoms with Gasteiger partial charge < -0.3 is 14.6 Å². The minimum Gasteiger partial charge on any atom is -0.460 e. The predicted octanol–water partition coefficient (Wildman–Crippen LogP) is -0.0971. The first kappa shape index (κ1) is 12.1. The van der Waals surface area contributed by atoms with Crippen LogP contribution in [0.2, 0.25) is 0 Å². The Kier molecular flexibility index (Phi) is 3.82. The number of rotatable bonds is 4. The summed E-state index contributed by atoms with van der Waals surface area (Å²) < 4.78 is 10.1. The highest BCUT2D eigenvalue weighted by molar-refractivity contribution is 5.88. The lowest BCUT2D eigenvalue weighted by Crippen LogP contribution is -2.31. The van der Waals surface area contributed by atoms with Crippen LogP contribution in [0.5, 0.6) is 0 Å². The first-order valence-electron chi connectivity index (χ1n) is 4.91. The molecule has 0 unspecified atom stereocenters. The Hall–Kier alpha value is -0.940. The first-order chi connectivity index (χ1) is 6.97. The molecule has 0 saturated carbocycles. The molecule has 1 rings (SSSR count). The molecule has 5 heteroatoms. The van der Waals surface area contributed by atoms with Gasteiger partial charge in [-0.15, -0.1) is 0 Å². The van der Waals surface area contributed by atoms with Crippen LogP contribution in [0.1, 0.15) is 20.3 Å². The van der Waals surface area contributed by atoms with Gasteiger partial charge in [0.2, 0.25) is 0 Å². The van der Waals surface area contributed by atoms with Crippen molar-refractivity contribution in [1.82, 2.24) is 0 Å². The van der Waals surface area contributed by atoms with E-state index in [9.17, 15) is 9.59 Å². The van der Waals surface area contributed by atoms with Crippen LogP contribution in [0, 0.1) is 5.92 Å². The molecule has 0 spiro atoms. The van der Waals surface area contributed by atoms with Crippen LogP contribution in [0.4, 0.5) is 0 Å². The molecule has 1 aliphatic heterocycles. The Balaban J connectivity index is 2.67. The van der Waals surface area contributed by atoms with E-state index in [-0.39, 0.29) is 18.3 Å². The monoisotopic (exact) mass is 216 g/mol. The Morgan fingerprint density at radius 3 is 2.73 bits per heavy atom. The normalized spacial score (nSPS) is 32.5. The van der Waals surface area contributed by atoms with Crippen LogP contribution >= 0.6 is 0 Å². The minimum atomic E-state index is -1.05. The number of esters is 1. The number of aliphatic hydroxyl groups is 1. The lowest BCUT2D eigenvalue weighted by molar-refractivity contribution is -0.145. The SMILES string of the molecule is CO[C@H]1[C@@H](C)OC(=O)[C@@H]1CC(=O)[C@@H](C)O. The Labute approximate surface area is 88.4 Å². The summed E-state index contributed by atoms with van der Waals surface area (Å²) in [5, 5.41) is 9.05. The molecular weight excluding hydrogens is 200 g/mol. The third-order valence-corrected chi connectivity index (χ3v) is 2.62. The highest BCUT2D eigenvalue weighted by Gasteiger charge is 2.43. The van der Waals surface area contributed by atoms with Gasteiger partial charge in [0.25, 0.3) is 0 Å². The molecule has 0 aliphatic carbocycles. The van der Waals surface area contributed by atoms with E-state index in [1.165, 1.54) is 14.0 Å². The third-order valence-electron chi connectivity index (χ3n) is 2.62. The number of aliphatic hydroxyl groups excluding tert-OH is 1. The van der Waals surface area contributed by atoms with Crippen LogP contribution in [-0.2, 0) is 19.1 Å². The molecule has 1 saturated heterocycles. The molecule has 5 nitrogen and oxygen atoms in total. The van der Waals surface area contributed by atoms with Gasteiger partial charge in [-0.2, -0.15) is 0 Å². The molecule has 0 bridgehead atoms. The average molecular weight is 216 g/mol. The number of hydrogen-bond acceptors (Lipinski definition) is 5. The molecule has 1 aliphatic rings. The maximum atomic E-state index is 11.4. The molecule has 0 aromatic rings. The topological polar surface area (TPSA) is 72.8 Å². The Morgan fingerprint density at radius 2 is 2.27 bits per heavy atom. The van der Waals surface area contributed by atoms with Crippen molar-refractivity contribution in [3.8, 4) is 0 Å². The fraction of sp³-hybridized carbons (Fsp3) is 0.800. The van der Waals surface area contributed by atoms with E-state index in [1.807, 2.05) is 0 Å². The fourth-order valence-corrected chi connectivity index (χ4v) is 1.74. The molecular formula is C10H16O5. The quantitative estimate of drug-likeness (QED) is 0.664. The van der Waals surface area contributed by atoms with E-state index in [4.69, 9.17) is 14.6 Å². The van der Waals surface area contributed by atoms with E-state index >= 15 is 0 Å². The summed E-state index contributed by atoms with van der Waals surface area (Å²) in [7, 11) is 1.48. The lowest BCUT2D eigenvalue weighted by Gasteiger charge is -2.16. The first-order valence-corrected chi connectivity index (χ1v) is 4.91. The van der Waals surface area contributed by atoms with Gasteiger partial charge in [0.05, 0.1) is 5.92 Å². The number of carbonyl (C=O) groups excluding carboxylic acids is 2. The van der Waals surface area contributed by atoms with Crippen molar-refractivity contribution in [3.63, 3.8) is 0 Å². The smallest absolute Gasteiger partial charge is 0.312 e. The average Bonchev–Trinajstić information content (AvgIpc) is 2.41. The van der Waals surface area contributed by atoms with Crippen molar-refractivity contribution in [3.05, 3.63) is 0 Å². The summed E-state index contributed by atoms with van der Waals surface area (Å²) in [6, 6.07) is 0. The molecule has 4 atom stereocenters. The molecule has 1 fully saturated rings. The molecule has 15 heavy (non-hydrogen) atoms. The summed E-state index contributed by atoms with van der Waals surface area (Å²) in [5.74, 6) is -1.39. The van der Waals surface area contributed by atoms with Gasteiger partial charge in [-0.05, 0) is 13.8 Å². The van der Waals surface area contributed by atoms with Gasteiger partial charge in [0.1, 0.15) is 18.3 Å². The minimum absolute atomic E-state index is 0.0284. The molecule has 0 radical (unpaired) electrons. The van der Waals surface area contributed by atoms with Crippen molar-refractivity contribution in [2.45, 2.75) is 38.6 Å². The highest BCUT2D eigenvalue weighted by atomic mass is 16.6. The summed E-state index contributed by atoms with van der Waals surface area (Å²) in [6.45, 7) is 3.10. The highest BCUT2D eigenvalue weighted by Crippen LogP contribution is 2.27. The number of ether oxygens (including phenoxy) is 2. The number of cyclic esters (lactones) is 1. The van der Waals surface area contributed by atoms with Crippen molar-refractivity contribution < 1.29 is 24.2 Å². The molecule has 0 aromatic heterocycles. The van der Waals surface area contributed by atoms with E-state index in [1.54, 1.807) is 6.92 Å². The van der Waals surface area contributed by atoms with Crippen molar-refractivity contribution >= 4 is 11.8 Å². The molecule has 1 heterocycles. The predicted molar refractivity (Wildman–Crippen MR) is 51.1 cm³/mol. The van der Waals surface area contributed by atoms with Crippen molar-refractivity contribution in [2.75, 3.05) is 7.11 Å². The Bertz CT molecular complexity index is 261. The summed E-state index contributed by atoms with van der Waals surface area (Å²) in [5.41, 5.74) is 0. The largest absolute Gasteiger partial charge is 0.460 e.